The van der Waals surface area contributed by atoms with E-state index in [4.69, 9.17) is 23.2 Å². The Kier molecular flexibility index (Phi) is 7.88. The highest BCUT2D eigenvalue weighted by molar-refractivity contribution is 7.89. The van der Waals surface area contributed by atoms with Gasteiger partial charge in [0.15, 0.2) is 0 Å². The maximum atomic E-state index is 12.9. The molecule has 3 aromatic rings. The minimum Gasteiger partial charge on any atom is -0.392 e. The SMILES string of the molecule is Cc1ccc(NC(=O)Cn2ncc(Cl)c(Cl)c2=O)cc1S(=O)(=O)NCc1cccc(CO)c1. The zero-order valence-electron chi connectivity index (χ0n) is 17.4. The first-order chi connectivity index (χ1) is 15.6. The molecule has 33 heavy (non-hydrogen) atoms. The molecule has 9 nitrogen and oxygen atoms in total. The Bertz CT molecular complexity index is 1360. The van der Waals surface area contributed by atoms with Crippen LogP contribution in [0.5, 0.6) is 0 Å². The number of hydrogen-bond donors (Lipinski definition) is 3. The number of nitrogens with zero attached hydrogens (tertiary/aromatic N) is 2. The molecule has 3 N–H and O–H groups in total. The summed E-state index contributed by atoms with van der Waals surface area (Å²) in [5.41, 5.74) is 1.34. The van der Waals surface area contributed by atoms with E-state index in [9.17, 15) is 23.1 Å². The molecule has 0 aliphatic rings. The van der Waals surface area contributed by atoms with Crippen LogP contribution in [-0.2, 0) is 34.5 Å². The standard InChI is InChI=1S/C21H20Cl2N4O5S/c1-13-5-6-16(26-19(29)11-27-21(30)20(23)17(22)10-24-27)8-18(13)33(31,32)25-9-14-3-2-4-15(7-14)12-28/h2-8,10,25,28H,9,11-12H2,1H3,(H,26,29). The highest BCUT2D eigenvalue weighted by Gasteiger charge is 2.18. The third-order valence-corrected chi connectivity index (χ3v) is 6.93. The number of aromatic nitrogens is 2. The molecule has 0 radical (unpaired) electrons. The van der Waals surface area contributed by atoms with Crippen LogP contribution in [0, 0.1) is 6.92 Å². The van der Waals surface area contributed by atoms with Crippen molar-refractivity contribution < 1.29 is 18.3 Å². The van der Waals surface area contributed by atoms with Crippen LogP contribution in [-0.4, -0.2) is 29.2 Å². The monoisotopic (exact) mass is 510 g/mol. The minimum absolute atomic E-state index is 0.0107. The molecular weight excluding hydrogens is 491 g/mol. The highest BCUT2D eigenvalue weighted by atomic mass is 35.5. The Morgan fingerprint density at radius 3 is 2.61 bits per heavy atom. The number of carbonyl (C=O) groups is 1. The first-order valence-corrected chi connectivity index (χ1v) is 11.8. The lowest BCUT2D eigenvalue weighted by atomic mass is 10.1. The number of carbonyl (C=O) groups excluding carboxylic acids is 1. The van der Waals surface area contributed by atoms with Gasteiger partial charge in [-0.1, -0.05) is 53.5 Å². The van der Waals surface area contributed by atoms with Gasteiger partial charge >= 0.3 is 0 Å². The predicted octanol–water partition coefficient (Wildman–Crippen LogP) is 2.47. The van der Waals surface area contributed by atoms with Gasteiger partial charge in [0.25, 0.3) is 5.56 Å². The molecule has 0 spiro atoms. The number of nitrogens with one attached hydrogen (secondary N) is 2. The number of rotatable bonds is 8. The third kappa shape index (κ3) is 6.18. The quantitative estimate of drug-likeness (QED) is 0.426. The fourth-order valence-corrected chi connectivity index (χ4v) is 4.51. The number of halogens is 2. The van der Waals surface area contributed by atoms with Crippen LogP contribution in [0.1, 0.15) is 16.7 Å². The molecule has 0 fully saturated rings. The van der Waals surface area contributed by atoms with E-state index in [0.717, 1.165) is 10.9 Å². The molecule has 0 aliphatic carbocycles. The first-order valence-electron chi connectivity index (χ1n) is 9.60. The second-order valence-corrected chi connectivity index (χ2v) is 9.62. The Balaban J connectivity index is 1.74. The minimum atomic E-state index is -3.91. The summed E-state index contributed by atoms with van der Waals surface area (Å²) in [7, 11) is -3.91. The van der Waals surface area contributed by atoms with Crippen molar-refractivity contribution in [2.75, 3.05) is 5.32 Å². The molecule has 3 rings (SSSR count). The van der Waals surface area contributed by atoms with Gasteiger partial charge in [-0.25, -0.2) is 17.8 Å². The summed E-state index contributed by atoms with van der Waals surface area (Å²) in [6.07, 6.45) is 1.15. The summed E-state index contributed by atoms with van der Waals surface area (Å²) in [6.45, 7) is 1.07. The first kappa shape index (κ1) is 24.9. The smallest absolute Gasteiger partial charge is 0.287 e. The third-order valence-electron chi connectivity index (χ3n) is 4.64. The van der Waals surface area contributed by atoms with Crippen molar-refractivity contribution in [2.45, 2.75) is 31.5 Å². The van der Waals surface area contributed by atoms with Gasteiger partial charge in [-0.15, -0.1) is 0 Å². The van der Waals surface area contributed by atoms with Crippen LogP contribution >= 0.6 is 23.2 Å². The Hall–Kier alpha value is -2.76. The molecule has 1 aromatic heterocycles. The van der Waals surface area contributed by atoms with Gasteiger partial charge in [-0.2, -0.15) is 5.10 Å². The number of aliphatic hydroxyl groups excluding tert-OH is 1. The maximum Gasteiger partial charge on any atom is 0.287 e. The summed E-state index contributed by atoms with van der Waals surface area (Å²) in [6, 6.07) is 11.3. The van der Waals surface area contributed by atoms with Gasteiger partial charge in [0.05, 0.1) is 22.7 Å². The van der Waals surface area contributed by atoms with Gasteiger partial charge in [0, 0.05) is 12.2 Å². The summed E-state index contributed by atoms with van der Waals surface area (Å²) in [5.74, 6) is -0.607. The Morgan fingerprint density at radius 1 is 1.15 bits per heavy atom. The fourth-order valence-electron chi connectivity index (χ4n) is 2.96. The van der Waals surface area contributed by atoms with E-state index < -0.39 is 28.0 Å². The van der Waals surface area contributed by atoms with E-state index in [1.807, 2.05) is 0 Å². The molecule has 2 aromatic carbocycles. The van der Waals surface area contributed by atoms with Crippen molar-refractivity contribution in [1.82, 2.24) is 14.5 Å². The van der Waals surface area contributed by atoms with Crippen LogP contribution in [0.2, 0.25) is 10.0 Å². The van der Waals surface area contributed by atoms with Crippen LogP contribution < -0.4 is 15.6 Å². The van der Waals surface area contributed by atoms with Crippen LogP contribution in [0.4, 0.5) is 5.69 Å². The Morgan fingerprint density at radius 2 is 1.88 bits per heavy atom. The number of anilines is 1. The van der Waals surface area contributed by atoms with Gasteiger partial charge in [-0.3, -0.25) is 9.59 Å². The summed E-state index contributed by atoms with van der Waals surface area (Å²) >= 11 is 11.5. The van der Waals surface area contributed by atoms with E-state index in [1.54, 1.807) is 43.3 Å². The summed E-state index contributed by atoms with van der Waals surface area (Å²) < 4.78 is 29.1. The molecule has 0 aliphatic heterocycles. The van der Waals surface area contributed by atoms with Crippen LogP contribution in [0.25, 0.3) is 0 Å². The molecule has 12 heteroatoms. The van der Waals surface area contributed by atoms with Gasteiger partial charge in [-0.05, 0) is 35.7 Å². The van der Waals surface area contributed by atoms with E-state index in [0.29, 0.717) is 16.7 Å². The molecule has 0 unspecified atom stereocenters. The molecule has 0 bridgehead atoms. The van der Waals surface area contributed by atoms with Crippen molar-refractivity contribution in [1.29, 1.82) is 0 Å². The highest BCUT2D eigenvalue weighted by Crippen LogP contribution is 2.21. The largest absolute Gasteiger partial charge is 0.392 e. The lowest BCUT2D eigenvalue weighted by molar-refractivity contribution is -0.117. The second kappa shape index (κ2) is 10.4. The van der Waals surface area contributed by atoms with E-state index in [-0.39, 0.29) is 33.8 Å². The van der Waals surface area contributed by atoms with E-state index in [2.05, 4.69) is 15.1 Å². The normalized spacial score (nSPS) is 11.4. The van der Waals surface area contributed by atoms with Gasteiger partial charge in [0.1, 0.15) is 11.6 Å². The number of sulfonamides is 1. The lowest BCUT2D eigenvalue weighted by Gasteiger charge is -2.13. The zero-order chi connectivity index (χ0) is 24.2. The average molecular weight is 511 g/mol. The van der Waals surface area contributed by atoms with Crippen LogP contribution in [0.15, 0.2) is 58.4 Å². The van der Waals surface area contributed by atoms with E-state index >= 15 is 0 Å². The average Bonchev–Trinajstić information content (AvgIpc) is 2.79. The van der Waals surface area contributed by atoms with Crippen molar-refractivity contribution in [3.63, 3.8) is 0 Å². The molecule has 1 amide bonds. The molecule has 0 saturated carbocycles. The lowest BCUT2D eigenvalue weighted by Crippen LogP contribution is -2.30. The number of hydrogen-bond acceptors (Lipinski definition) is 6. The molecule has 174 valence electrons. The molecule has 0 atom stereocenters. The summed E-state index contributed by atoms with van der Waals surface area (Å²) in [4.78, 5) is 24.4. The number of amides is 1. The topological polar surface area (TPSA) is 130 Å². The second-order valence-electron chi connectivity index (χ2n) is 7.10. The number of aliphatic hydroxyl groups is 1. The van der Waals surface area contributed by atoms with Crippen molar-refractivity contribution >= 4 is 44.8 Å². The predicted molar refractivity (Wildman–Crippen MR) is 125 cm³/mol. The maximum absolute atomic E-state index is 12.9. The number of aryl methyl sites for hydroxylation is 1. The molecular formula is C21H20Cl2N4O5S. The molecule has 0 saturated heterocycles. The van der Waals surface area contributed by atoms with Crippen molar-refractivity contribution in [2.24, 2.45) is 0 Å². The fraction of sp³-hybridized carbons (Fsp3) is 0.190. The van der Waals surface area contributed by atoms with Gasteiger partial charge in [0.2, 0.25) is 15.9 Å². The molecule has 1 heterocycles. The number of benzene rings is 2. The Labute approximate surface area is 200 Å². The van der Waals surface area contributed by atoms with E-state index in [1.165, 1.54) is 6.07 Å². The van der Waals surface area contributed by atoms with Gasteiger partial charge < -0.3 is 10.4 Å². The zero-order valence-corrected chi connectivity index (χ0v) is 19.7. The summed E-state index contributed by atoms with van der Waals surface area (Å²) in [5, 5.41) is 15.3. The van der Waals surface area contributed by atoms with Crippen LogP contribution in [0.3, 0.4) is 0 Å². The van der Waals surface area contributed by atoms with Crippen molar-refractivity contribution in [3.05, 3.63) is 85.8 Å². The van der Waals surface area contributed by atoms with Crippen molar-refractivity contribution in [3.8, 4) is 0 Å².